The minimum Gasteiger partial charge on any atom is -0.379 e. The van der Waals surface area contributed by atoms with E-state index in [-0.39, 0.29) is 12.1 Å². The third kappa shape index (κ3) is 2.85. The lowest BCUT2D eigenvalue weighted by atomic mass is 10.0. The van der Waals surface area contributed by atoms with Crippen molar-refractivity contribution in [3.8, 4) is 23.0 Å². The Hall–Kier alpha value is -3.59. The quantitative estimate of drug-likeness (QED) is 0.493. The van der Waals surface area contributed by atoms with Gasteiger partial charge in [-0.3, -0.25) is 9.13 Å². The van der Waals surface area contributed by atoms with E-state index in [4.69, 9.17) is 14.7 Å². The van der Waals surface area contributed by atoms with Crippen LogP contribution in [0.4, 0.5) is 5.82 Å². The summed E-state index contributed by atoms with van der Waals surface area (Å²) in [7, 11) is 0. The first-order valence-corrected chi connectivity index (χ1v) is 11.0. The van der Waals surface area contributed by atoms with E-state index < -0.39 is 0 Å². The second-order valence-corrected chi connectivity index (χ2v) is 8.16. The van der Waals surface area contributed by atoms with Crippen molar-refractivity contribution < 1.29 is 4.74 Å². The maximum absolute atomic E-state index is 5.75. The van der Waals surface area contributed by atoms with Crippen molar-refractivity contribution in [3.63, 3.8) is 0 Å². The summed E-state index contributed by atoms with van der Waals surface area (Å²) in [5.41, 5.74) is 1.92. The molecule has 3 aromatic heterocycles. The topological polar surface area (TPSA) is 86.8 Å². The molecule has 162 valence electrons. The Kier molecular flexibility index (Phi) is 4.50. The van der Waals surface area contributed by atoms with Crippen molar-refractivity contribution in [1.82, 2.24) is 34.3 Å². The highest BCUT2D eigenvalue weighted by atomic mass is 16.5. The molecule has 4 aromatic rings. The number of rotatable bonds is 4. The van der Waals surface area contributed by atoms with E-state index in [0.29, 0.717) is 12.6 Å². The second-order valence-electron chi connectivity index (χ2n) is 8.16. The standard InChI is InChI=1S/C23H24N8O/c1-3-18-22-28-27-15(2)30(22)19-13-25-23(26-21(19)31(18)17-9-12-32-14-17)29-11-10-24-20(29)16-7-5-4-6-8-16/h4-8,10-11,13,17-18H,3,9,12,14H2,1-2H3/t17?,18-/m1/s1. The number of ether oxygens (including phenoxy) is 1. The number of nitrogens with zero attached hydrogens (tertiary/aromatic N) is 8. The van der Waals surface area contributed by atoms with Crippen LogP contribution < -0.4 is 4.90 Å². The van der Waals surface area contributed by atoms with Crippen LogP contribution in [0.2, 0.25) is 0 Å². The van der Waals surface area contributed by atoms with Crippen molar-refractivity contribution in [2.45, 2.75) is 38.8 Å². The molecule has 9 nitrogen and oxygen atoms in total. The molecule has 0 spiro atoms. The Morgan fingerprint density at radius 3 is 2.78 bits per heavy atom. The van der Waals surface area contributed by atoms with E-state index >= 15 is 0 Å². The molecule has 2 aliphatic rings. The third-order valence-corrected chi connectivity index (χ3v) is 6.28. The molecule has 6 rings (SSSR count). The number of aromatic nitrogens is 7. The van der Waals surface area contributed by atoms with E-state index in [2.05, 4.69) is 31.6 Å². The molecule has 0 aliphatic carbocycles. The maximum atomic E-state index is 5.75. The number of hydrogen-bond donors (Lipinski definition) is 0. The Morgan fingerprint density at radius 2 is 2.00 bits per heavy atom. The average Bonchev–Trinajstić information content (AvgIpc) is 3.60. The first kappa shape index (κ1) is 19.1. The van der Waals surface area contributed by atoms with Crippen molar-refractivity contribution >= 4 is 5.82 Å². The zero-order chi connectivity index (χ0) is 21.7. The Labute approximate surface area is 185 Å². The normalized spacial score (nSPS) is 19.8. The minimum atomic E-state index is 0.0783. The summed E-state index contributed by atoms with van der Waals surface area (Å²) in [6.07, 6.45) is 7.42. The van der Waals surface area contributed by atoms with Gasteiger partial charge in [0.1, 0.15) is 17.3 Å². The summed E-state index contributed by atoms with van der Waals surface area (Å²) in [5, 5.41) is 8.88. The van der Waals surface area contributed by atoms with Crippen molar-refractivity contribution in [2.24, 2.45) is 0 Å². The van der Waals surface area contributed by atoms with Gasteiger partial charge in [0.25, 0.3) is 0 Å². The first-order valence-electron chi connectivity index (χ1n) is 11.0. The van der Waals surface area contributed by atoms with E-state index in [1.54, 1.807) is 6.20 Å². The summed E-state index contributed by atoms with van der Waals surface area (Å²) in [5.74, 6) is 4.07. The van der Waals surface area contributed by atoms with Gasteiger partial charge in [-0.1, -0.05) is 37.3 Å². The van der Waals surface area contributed by atoms with Crippen LogP contribution in [0.3, 0.4) is 0 Å². The largest absolute Gasteiger partial charge is 0.379 e. The monoisotopic (exact) mass is 428 g/mol. The Balaban J connectivity index is 1.53. The van der Waals surface area contributed by atoms with Crippen LogP contribution >= 0.6 is 0 Å². The number of aryl methyl sites for hydroxylation is 1. The predicted molar refractivity (Wildman–Crippen MR) is 119 cm³/mol. The lowest BCUT2D eigenvalue weighted by molar-refractivity contribution is 0.191. The zero-order valence-electron chi connectivity index (χ0n) is 18.1. The molecule has 5 heterocycles. The fourth-order valence-corrected chi connectivity index (χ4v) is 4.80. The fourth-order valence-electron chi connectivity index (χ4n) is 4.80. The molecule has 1 saturated heterocycles. The molecule has 0 radical (unpaired) electrons. The fraction of sp³-hybridized carbons (Fsp3) is 0.348. The molecular formula is C23H24N8O. The average molecular weight is 429 g/mol. The van der Waals surface area contributed by atoms with E-state index in [1.807, 2.05) is 54.2 Å². The number of anilines is 1. The van der Waals surface area contributed by atoms with Crippen LogP contribution in [-0.2, 0) is 4.74 Å². The van der Waals surface area contributed by atoms with E-state index in [1.165, 1.54) is 0 Å². The molecule has 1 unspecified atom stereocenters. The molecule has 0 N–H and O–H groups in total. The number of imidazole rings is 1. The predicted octanol–water partition coefficient (Wildman–Crippen LogP) is 3.28. The zero-order valence-corrected chi connectivity index (χ0v) is 18.1. The van der Waals surface area contributed by atoms with Crippen LogP contribution in [0.5, 0.6) is 0 Å². The van der Waals surface area contributed by atoms with Gasteiger partial charge in [-0.05, 0) is 19.8 Å². The summed E-state index contributed by atoms with van der Waals surface area (Å²) >= 11 is 0. The highest BCUT2D eigenvalue weighted by molar-refractivity contribution is 5.64. The molecule has 1 fully saturated rings. The lowest BCUT2D eigenvalue weighted by Gasteiger charge is -2.40. The van der Waals surface area contributed by atoms with Crippen LogP contribution in [-0.4, -0.2) is 53.5 Å². The molecule has 1 aromatic carbocycles. The number of hydrogen-bond acceptors (Lipinski definition) is 7. The number of fused-ring (bicyclic) bond motifs is 3. The van der Waals surface area contributed by atoms with Crippen LogP contribution in [0.25, 0.3) is 23.0 Å². The lowest BCUT2D eigenvalue weighted by Crippen LogP contribution is -2.43. The van der Waals surface area contributed by atoms with Crippen molar-refractivity contribution in [1.29, 1.82) is 0 Å². The second kappa shape index (κ2) is 7.52. The van der Waals surface area contributed by atoms with E-state index in [0.717, 1.165) is 54.0 Å². The highest BCUT2D eigenvalue weighted by Gasteiger charge is 2.39. The highest BCUT2D eigenvalue weighted by Crippen LogP contribution is 2.41. The van der Waals surface area contributed by atoms with E-state index in [9.17, 15) is 0 Å². The van der Waals surface area contributed by atoms with Crippen molar-refractivity contribution in [3.05, 3.63) is 60.6 Å². The van der Waals surface area contributed by atoms with Gasteiger partial charge in [-0.25, -0.2) is 9.97 Å². The molecule has 0 bridgehead atoms. The molecule has 32 heavy (non-hydrogen) atoms. The van der Waals surface area contributed by atoms with Crippen LogP contribution in [0, 0.1) is 6.92 Å². The van der Waals surface area contributed by atoms with Gasteiger partial charge in [0.2, 0.25) is 5.95 Å². The number of benzene rings is 1. The Morgan fingerprint density at radius 1 is 1.12 bits per heavy atom. The molecule has 0 amide bonds. The minimum absolute atomic E-state index is 0.0783. The van der Waals surface area contributed by atoms with Crippen LogP contribution in [0.1, 0.15) is 37.5 Å². The maximum Gasteiger partial charge on any atom is 0.237 e. The van der Waals surface area contributed by atoms with Gasteiger partial charge in [0.05, 0.1) is 24.9 Å². The summed E-state index contributed by atoms with van der Waals surface area (Å²) in [6, 6.07) is 10.4. The summed E-state index contributed by atoms with van der Waals surface area (Å²) in [4.78, 5) is 16.8. The molecular weight excluding hydrogens is 404 g/mol. The molecule has 0 saturated carbocycles. The smallest absolute Gasteiger partial charge is 0.237 e. The van der Waals surface area contributed by atoms with Gasteiger partial charge in [-0.2, -0.15) is 4.98 Å². The van der Waals surface area contributed by atoms with Gasteiger partial charge in [0.15, 0.2) is 11.6 Å². The summed E-state index contributed by atoms with van der Waals surface area (Å²) in [6.45, 7) is 5.59. The van der Waals surface area contributed by atoms with Crippen molar-refractivity contribution in [2.75, 3.05) is 18.1 Å². The van der Waals surface area contributed by atoms with Gasteiger partial charge >= 0.3 is 0 Å². The van der Waals surface area contributed by atoms with Gasteiger partial charge in [0, 0.05) is 24.6 Å². The van der Waals surface area contributed by atoms with Crippen LogP contribution in [0.15, 0.2) is 48.9 Å². The van der Waals surface area contributed by atoms with Gasteiger partial charge in [-0.15, -0.1) is 10.2 Å². The SMILES string of the molecule is CC[C@@H]1c2nnc(C)n2-c2cnc(-n3ccnc3-c3ccccc3)nc2N1C1CCOC1. The first-order chi connectivity index (χ1) is 15.8. The molecule has 2 aliphatic heterocycles. The molecule has 2 atom stereocenters. The summed E-state index contributed by atoms with van der Waals surface area (Å²) < 4.78 is 9.78. The third-order valence-electron chi connectivity index (χ3n) is 6.28. The Bertz CT molecular complexity index is 1260. The molecule has 9 heteroatoms. The van der Waals surface area contributed by atoms with Gasteiger partial charge < -0.3 is 9.64 Å².